The minimum absolute atomic E-state index is 0.0564. The summed E-state index contributed by atoms with van der Waals surface area (Å²) in [4.78, 5) is 27.5. The molecule has 1 saturated carbocycles. The van der Waals surface area contributed by atoms with Crippen LogP contribution in [0.3, 0.4) is 0 Å². The Morgan fingerprint density at radius 1 is 1.42 bits per heavy atom. The van der Waals surface area contributed by atoms with Gasteiger partial charge in [0.15, 0.2) is 5.16 Å². The number of nitrogens with zero attached hydrogens (tertiary/aromatic N) is 2. The molecule has 0 unspecified atom stereocenters. The Kier molecular flexibility index (Phi) is 5.88. The van der Waals surface area contributed by atoms with Gasteiger partial charge in [-0.25, -0.2) is 4.98 Å². The number of carboxylic acids is 1. The van der Waals surface area contributed by atoms with Crippen LogP contribution in [0.4, 0.5) is 0 Å². The van der Waals surface area contributed by atoms with Gasteiger partial charge < -0.3 is 10.4 Å². The molecule has 1 aromatic carbocycles. The number of hydrogen-bond acceptors (Lipinski definition) is 4. The van der Waals surface area contributed by atoms with Crippen LogP contribution in [0.1, 0.15) is 24.8 Å². The molecule has 0 spiro atoms. The highest BCUT2D eigenvalue weighted by molar-refractivity contribution is 7.99. The maximum absolute atomic E-state index is 12.2. The number of amides is 1. The Bertz CT molecular complexity index is 824. The molecule has 1 aromatic heterocycles. The monoisotopic (exact) mass is 393 g/mol. The van der Waals surface area contributed by atoms with E-state index in [0.717, 1.165) is 11.3 Å². The van der Waals surface area contributed by atoms with Crippen molar-refractivity contribution in [1.29, 1.82) is 0 Å². The lowest BCUT2D eigenvalue weighted by Crippen LogP contribution is -2.34. The van der Waals surface area contributed by atoms with E-state index in [1.165, 1.54) is 11.8 Å². The highest BCUT2D eigenvalue weighted by atomic mass is 35.5. The third-order valence-electron chi connectivity index (χ3n) is 4.58. The van der Waals surface area contributed by atoms with Crippen molar-refractivity contribution in [3.05, 3.63) is 41.2 Å². The molecule has 3 rings (SSSR count). The highest BCUT2D eigenvalue weighted by Gasteiger charge is 2.30. The van der Waals surface area contributed by atoms with Crippen molar-refractivity contribution < 1.29 is 14.7 Å². The molecule has 2 N–H and O–H groups in total. The lowest BCUT2D eigenvalue weighted by Gasteiger charge is -2.13. The summed E-state index contributed by atoms with van der Waals surface area (Å²) < 4.78 is 1.91. The second-order valence-corrected chi connectivity index (χ2v) is 7.71. The molecule has 0 saturated heterocycles. The maximum Gasteiger partial charge on any atom is 0.306 e. The number of halogens is 1. The summed E-state index contributed by atoms with van der Waals surface area (Å²) in [6.07, 6.45) is 5.36. The number of aliphatic carboxylic acids is 1. The van der Waals surface area contributed by atoms with Gasteiger partial charge in [0.1, 0.15) is 0 Å². The van der Waals surface area contributed by atoms with Crippen LogP contribution in [0.15, 0.2) is 35.7 Å². The van der Waals surface area contributed by atoms with E-state index in [9.17, 15) is 9.59 Å². The number of nitrogens with one attached hydrogen (secondary N) is 1. The number of carbonyl (C=O) groups is 2. The van der Waals surface area contributed by atoms with Gasteiger partial charge in [-0.05, 0) is 43.9 Å². The third-order valence-corrected chi connectivity index (χ3v) is 5.96. The van der Waals surface area contributed by atoms with E-state index in [1.807, 2.05) is 35.9 Å². The largest absolute Gasteiger partial charge is 0.481 e. The number of rotatable bonds is 6. The van der Waals surface area contributed by atoms with Gasteiger partial charge >= 0.3 is 5.97 Å². The Morgan fingerprint density at radius 3 is 2.96 bits per heavy atom. The zero-order chi connectivity index (χ0) is 18.7. The molecule has 138 valence electrons. The third kappa shape index (κ3) is 4.22. The Balaban J connectivity index is 1.59. The van der Waals surface area contributed by atoms with Crippen molar-refractivity contribution in [3.63, 3.8) is 0 Å². The van der Waals surface area contributed by atoms with Crippen LogP contribution in [-0.2, 0) is 9.59 Å². The lowest BCUT2D eigenvalue weighted by atomic mass is 10.1. The molecule has 2 aromatic rings. The van der Waals surface area contributed by atoms with E-state index in [4.69, 9.17) is 16.7 Å². The van der Waals surface area contributed by atoms with Crippen molar-refractivity contribution in [2.24, 2.45) is 5.92 Å². The summed E-state index contributed by atoms with van der Waals surface area (Å²) in [6.45, 7) is 1.94. The zero-order valence-electron chi connectivity index (χ0n) is 14.3. The number of carbonyl (C=O) groups excluding carboxylic acids is 1. The summed E-state index contributed by atoms with van der Waals surface area (Å²) in [6, 6.07) is 5.62. The first kappa shape index (κ1) is 18.8. The number of carboxylic acid groups (broad SMARTS) is 1. The van der Waals surface area contributed by atoms with E-state index in [0.29, 0.717) is 29.4 Å². The molecule has 6 nitrogen and oxygen atoms in total. The number of aromatic nitrogens is 2. The molecular weight excluding hydrogens is 374 g/mol. The van der Waals surface area contributed by atoms with Crippen LogP contribution in [0.2, 0.25) is 5.02 Å². The SMILES string of the molecule is Cc1c(Cl)cccc1-n1ccnc1SCC(=O)N[C@@H]1CC[C@@H](C(=O)O)C1. The van der Waals surface area contributed by atoms with Crippen molar-refractivity contribution in [2.45, 2.75) is 37.4 Å². The zero-order valence-corrected chi connectivity index (χ0v) is 15.9. The molecule has 1 aliphatic carbocycles. The normalized spacial score (nSPS) is 19.5. The topological polar surface area (TPSA) is 84.2 Å². The van der Waals surface area contributed by atoms with E-state index in [2.05, 4.69) is 10.3 Å². The van der Waals surface area contributed by atoms with Crippen LogP contribution >= 0.6 is 23.4 Å². The van der Waals surface area contributed by atoms with Gasteiger partial charge in [-0.3, -0.25) is 14.2 Å². The van der Waals surface area contributed by atoms with Gasteiger partial charge in [-0.15, -0.1) is 0 Å². The summed E-state index contributed by atoms with van der Waals surface area (Å²) >= 11 is 7.54. The van der Waals surface area contributed by atoms with Gasteiger partial charge in [0.2, 0.25) is 5.91 Å². The van der Waals surface area contributed by atoms with Gasteiger partial charge in [0, 0.05) is 23.5 Å². The van der Waals surface area contributed by atoms with E-state index < -0.39 is 5.97 Å². The first-order valence-electron chi connectivity index (χ1n) is 8.39. The molecule has 1 fully saturated rings. The summed E-state index contributed by atoms with van der Waals surface area (Å²) in [5.41, 5.74) is 1.88. The Morgan fingerprint density at radius 2 is 2.23 bits per heavy atom. The fourth-order valence-electron chi connectivity index (χ4n) is 3.17. The predicted molar refractivity (Wildman–Crippen MR) is 101 cm³/mol. The summed E-state index contributed by atoms with van der Waals surface area (Å²) in [5.74, 6) is -1.01. The predicted octanol–water partition coefficient (Wildman–Crippen LogP) is 3.30. The number of thioether (sulfide) groups is 1. The van der Waals surface area contributed by atoms with E-state index in [-0.39, 0.29) is 23.6 Å². The minimum atomic E-state index is -0.782. The van der Waals surface area contributed by atoms with Crippen LogP contribution in [0, 0.1) is 12.8 Å². The fraction of sp³-hybridized carbons (Fsp3) is 0.389. The standard InChI is InChI=1S/C18H20ClN3O3S/c1-11-14(19)3-2-4-15(11)22-8-7-20-18(22)26-10-16(23)21-13-6-5-12(9-13)17(24)25/h2-4,7-8,12-13H,5-6,9-10H2,1H3,(H,21,23)(H,24,25)/t12-,13-/m1/s1. The first-order valence-corrected chi connectivity index (χ1v) is 9.76. The van der Waals surface area contributed by atoms with Crippen LogP contribution < -0.4 is 5.32 Å². The average molecular weight is 394 g/mol. The van der Waals surface area contributed by atoms with Crippen molar-refractivity contribution in [1.82, 2.24) is 14.9 Å². The first-order chi connectivity index (χ1) is 12.5. The van der Waals surface area contributed by atoms with E-state index >= 15 is 0 Å². The van der Waals surface area contributed by atoms with Crippen molar-refractivity contribution in [3.8, 4) is 5.69 Å². The second-order valence-electron chi connectivity index (χ2n) is 6.37. The number of hydrogen-bond donors (Lipinski definition) is 2. The smallest absolute Gasteiger partial charge is 0.306 e. The molecule has 1 aliphatic rings. The number of benzene rings is 1. The van der Waals surface area contributed by atoms with E-state index in [1.54, 1.807) is 6.20 Å². The molecule has 8 heteroatoms. The number of imidazole rings is 1. The Hall–Kier alpha value is -1.99. The fourth-order valence-corrected chi connectivity index (χ4v) is 4.12. The van der Waals surface area contributed by atoms with Gasteiger partial charge in [0.05, 0.1) is 17.4 Å². The molecule has 1 amide bonds. The molecular formula is C18H20ClN3O3S. The average Bonchev–Trinajstić information content (AvgIpc) is 3.25. The van der Waals surface area contributed by atoms with Gasteiger partial charge in [-0.1, -0.05) is 29.4 Å². The van der Waals surface area contributed by atoms with Crippen molar-refractivity contribution in [2.75, 3.05) is 5.75 Å². The van der Waals surface area contributed by atoms with Crippen LogP contribution in [0.25, 0.3) is 5.69 Å². The maximum atomic E-state index is 12.2. The van der Waals surface area contributed by atoms with Crippen LogP contribution in [0.5, 0.6) is 0 Å². The molecule has 1 heterocycles. The molecule has 26 heavy (non-hydrogen) atoms. The van der Waals surface area contributed by atoms with Gasteiger partial charge in [0.25, 0.3) is 0 Å². The highest BCUT2D eigenvalue weighted by Crippen LogP contribution is 2.28. The minimum Gasteiger partial charge on any atom is -0.481 e. The molecule has 0 bridgehead atoms. The molecule has 0 aliphatic heterocycles. The second kappa shape index (κ2) is 8.14. The molecule has 0 radical (unpaired) electrons. The van der Waals surface area contributed by atoms with Gasteiger partial charge in [-0.2, -0.15) is 0 Å². The Labute approximate surface area is 160 Å². The summed E-state index contributed by atoms with van der Waals surface area (Å²) in [5, 5.41) is 13.3. The van der Waals surface area contributed by atoms with Crippen molar-refractivity contribution >= 4 is 35.2 Å². The quantitative estimate of drug-likeness (QED) is 0.735. The van der Waals surface area contributed by atoms with Crippen LogP contribution in [-0.4, -0.2) is 38.3 Å². The lowest BCUT2D eigenvalue weighted by molar-refractivity contribution is -0.141. The molecule has 2 atom stereocenters. The summed E-state index contributed by atoms with van der Waals surface area (Å²) in [7, 11) is 0.